The Kier molecular flexibility index (Phi) is 4.38. The average molecular weight is 157 g/mol. The van der Waals surface area contributed by atoms with Gasteiger partial charge >= 0.3 is 0 Å². The van der Waals surface area contributed by atoms with Gasteiger partial charge in [-0.05, 0) is 0 Å². The molecule has 0 spiro atoms. The molecule has 3 nitrogen and oxygen atoms in total. The first-order valence-electron chi connectivity index (χ1n) is 1.89. The molecular formula is C3H6ClO3P. The maximum Gasteiger partial charge on any atom is 0.172 e. The quantitative estimate of drug-likeness (QED) is 0.450. The molecule has 0 amide bonds. The molecule has 0 bridgehead atoms. The van der Waals surface area contributed by atoms with Gasteiger partial charge in [-0.3, -0.25) is 4.79 Å². The monoisotopic (exact) mass is 156 g/mol. The number of rotatable bonds is 3. The molecule has 0 atom stereocenters. The summed E-state index contributed by atoms with van der Waals surface area (Å²) in [4.78, 5) is 26.6. The Bertz CT molecular complexity index is 84.6. The lowest BCUT2D eigenvalue weighted by atomic mass is 10.5. The standard InChI is InChI=1S/C3H6ClO3P/c4-1-3(5)2-8(6)7/h6-7H,1-2H2. The summed E-state index contributed by atoms with van der Waals surface area (Å²) in [6.07, 6.45) is -0.209. The summed E-state index contributed by atoms with van der Waals surface area (Å²) in [5.41, 5.74) is 0. The van der Waals surface area contributed by atoms with E-state index in [0.29, 0.717) is 0 Å². The first kappa shape index (κ1) is 8.31. The fourth-order valence-electron chi connectivity index (χ4n) is 0.200. The molecule has 0 aromatic rings. The van der Waals surface area contributed by atoms with Gasteiger partial charge in [-0.15, -0.1) is 11.6 Å². The van der Waals surface area contributed by atoms with Crippen molar-refractivity contribution in [2.45, 2.75) is 0 Å². The SMILES string of the molecule is O=C(CCl)CP(O)O. The number of hydrogen-bond acceptors (Lipinski definition) is 3. The van der Waals surface area contributed by atoms with Crippen LogP contribution in [-0.2, 0) is 4.79 Å². The van der Waals surface area contributed by atoms with Gasteiger partial charge < -0.3 is 9.79 Å². The molecule has 0 radical (unpaired) electrons. The predicted octanol–water partition coefficient (Wildman–Crippen LogP) is 0.0908. The molecule has 0 saturated carbocycles. The van der Waals surface area contributed by atoms with E-state index < -0.39 is 8.38 Å². The van der Waals surface area contributed by atoms with Gasteiger partial charge in [0.25, 0.3) is 0 Å². The van der Waals surface area contributed by atoms with Gasteiger partial charge in [0.05, 0.1) is 12.0 Å². The molecule has 0 aromatic heterocycles. The zero-order valence-electron chi connectivity index (χ0n) is 4.04. The Hall–Kier alpha value is 0.310. The first-order valence-corrected chi connectivity index (χ1v) is 3.86. The van der Waals surface area contributed by atoms with Crippen molar-refractivity contribution in [2.24, 2.45) is 0 Å². The highest BCUT2D eigenvalue weighted by Crippen LogP contribution is 2.21. The maximum absolute atomic E-state index is 10.2. The molecule has 0 aromatic carbocycles. The largest absolute Gasteiger partial charge is 0.350 e. The van der Waals surface area contributed by atoms with Gasteiger partial charge in [-0.25, -0.2) is 0 Å². The Morgan fingerprint density at radius 2 is 2.12 bits per heavy atom. The fraction of sp³-hybridized carbons (Fsp3) is 0.667. The Morgan fingerprint density at radius 3 is 2.25 bits per heavy atom. The number of Topliss-reactive ketones (excluding diaryl/α,β-unsaturated/α-hetero) is 1. The van der Waals surface area contributed by atoms with Crippen molar-refractivity contribution in [1.29, 1.82) is 0 Å². The molecule has 5 heteroatoms. The predicted molar refractivity (Wildman–Crippen MR) is 32.0 cm³/mol. The normalized spacial score (nSPS) is 10.0. The second-order valence-electron chi connectivity index (χ2n) is 1.20. The first-order chi connectivity index (χ1) is 3.66. The molecule has 0 aliphatic carbocycles. The van der Waals surface area contributed by atoms with E-state index in [1.54, 1.807) is 0 Å². The fourth-order valence-corrected chi connectivity index (χ4v) is 0.854. The molecule has 0 aliphatic rings. The van der Waals surface area contributed by atoms with Crippen LogP contribution in [0.25, 0.3) is 0 Å². The van der Waals surface area contributed by atoms with Crippen LogP contribution < -0.4 is 0 Å². The van der Waals surface area contributed by atoms with Gasteiger partial charge in [-0.2, -0.15) is 0 Å². The summed E-state index contributed by atoms with van der Waals surface area (Å²) in [5.74, 6) is -0.470. The Labute approximate surface area is 53.2 Å². The van der Waals surface area contributed by atoms with Gasteiger partial charge in [0.15, 0.2) is 14.2 Å². The zero-order chi connectivity index (χ0) is 6.57. The summed E-state index contributed by atoms with van der Waals surface area (Å²) in [5, 5.41) is 0. The van der Waals surface area contributed by atoms with E-state index in [2.05, 4.69) is 0 Å². The summed E-state index contributed by atoms with van der Waals surface area (Å²) in [6.45, 7) is 0. The molecular weight excluding hydrogens is 150 g/mol. The number of alkyl halides is 1. The molecule has 0 heterocycles. The highest BCUT2D eigenvalue weighted by molar-refractivity contribution is 7.46. The van der Waals surface area contributed by atoms with E-state index in [0.717, 1.165) is 0 Å². The zero-order valence-corrected chi connectivity index (χ0v) is 5.69. The number of ketones is 1. The van der Waals surface area contributed by atoms with Crippen LogP contribution in [0.2, 0.25) is 0 Å². The molecule has 0 rings (SSSR count). The van der Waals surface area contributed by atoms with Crippen molar-refractivity contribution in [3.05, 3.63) is 0 Å². The smallest absolute Gasteiger partial charge is 0.172 e. The van der Waals surface area contributed by atoms with Crippen LogP contribution in [0.15, 0.2) is 0 Å². The van der Waals surface area contributed by atoms with Crippen molar-refractivity contribution in [3.8, 4) is 0 Å². The Balaban J connectivity index is 3.25. The van der Waals surface area contributed by atoms with E-state index >= 15 is 0 Å². The minimum absolute atomic E-state index is 0.139. The third-order valence-electron chi connectivity index (χ3n) is 0.467. The van der Waals surface area contributed by atoms with Crippen molar-refractivity contribution < 1.29 is 14.6 Å². The van der Waals surface area contributed by atoms with Gasteiger partial charge in [-0.1, -0.05) is 0 Å². The number of carbonyl (C=O) groups is 1. The van der Waals surface area contributed by atoms with Crippen molar-refractivity contribution >= 4 is 25.8 Å². The Morgan fingerprint density at radius 1 is 1.62 bits per heavy atom. The summed E-state index contributed by atoms with van der Waals surface area (Å²) >= 11 is 5.03. The highest BCUT2D eigenvalue weighted by atomic mass is 35.5. The summed E-state index contributed by atoms with van der Waals surface area (Å²) in [6, 6.07) is 0. The maximum atomic E-state index is 10.2. The molecule has 8 heavy (non-hydrogen) atoms. The summed E-state index contributed by atoms with van der Waals surface area (Å²) < 4.78 is 0. The molecule has 0 unspecified atom stereocenters. The number of hydrogen-bond donors (Lipinski definition) is 2. The van der Waals surface area contributed by atoms with Gasteiger partial charge in [0, 0.05) is 0 Å². The van der Waals surface area contributed by atoms with Crippen LogP contribution in [0.4, 0.5) is 0 Å². The lowest BCUT2D eigenvalue weighted by molar-refractivity contribution is -0.114. The van der Waals surface area contributed by atoms with Crippen LogP contribution in [0.3, 0.4) is 0 Å². The second kappa shape index (κ2) is 4.21. The van der Waals surface area contributed by atoms with E-state index in [-0.39, 0.29) is 17.8 Å². The van der Waals surface area contributed by atoms with E-state index in [1.165, 1.54) is 0 Å². The summed E-state index contributed by atoms with van der Waals surface area (Å²) in [7, 11) is -2.08. The molecule has 0 saturated heterocycles. The number of halogens is 1. The van der Waals surface area contributed by atoms with Crippen LogP contribution in [-0.4, -0.2) is 27.6 Å². The lowest BCUT2D eigenvalue weighted by Crippen LogP contribution is -2.03. The topological polar surface area (TPSA) is 57.5 Å². The van der Waals surface area contributed by atoms with Crippen molar-refractivity contribution in [3.63, 3.8) is 0 Å². The van der Waals surface area contributed by atoms with Crippen molar-refractivity contribution in [2.75, 3.05) is 12.0 Å². The third kappa shape index (κ3) is 4.47. The number of carbonyl (C=O) groups excluding carboxylic acids is 1. The van der Waals surface area contributed by atoms with Crippen LogP contribution in [0, 0.1) is 0 Å². The van der Waals surface area contributed by atoms with E-state index in [9.17, 15) is 4.79 Å². The van der Waals surface area contributed by atoms with Crippen molar-refractivity contribution in [1.82, 2.24) is 0 Å². The minimum Gasteiger partial charge on any atom is -0.350 e. The van der Waals surface area contributed by atoms with Crippen LogP contribution in [0.5, 0.6) is 0 Å². The second-order valence-corrected chi connectivity index (χ2v) is 2.53. The van der Waals surface area contributed by atoms with Gasteiger partial charge in [0.1, 0.15) is 0 Å². The van der Waals surface area contributed by atoms with Crippen LogP contribution in [0.1, 0.15) is 0 Å². The van der Waals surface area contributed by atoms with E-state index in [4.69, 9.17) is 21.4 Å². The highest BCUT2D eigenvalue weighted by Gasteiger charge is 2.05. The van der Waals surface area contributed by atoms with Gasteiger partial charge in [0.2, 0.25) is 0 Å². The lowest BCUT2D eigenvalue weighted by Gasteiger charge is -1.95. The average Bonchev–Trinajstić information content (AvgIpc) is 1.65. The third-order valence-corrected chi connectivity index (χ3v) is 1.40. The molecule has 0 fully saturated rings. The molecule has 0 aliphatic heterocycles. The van der Waals surface area contributed by atoms with Crippen LogP contribution >= 0.6 is 20.0 Å². The molecule has 2 N–H and O–H groups in total. The molecule has 48 valence electrons. The minimum atomic E-state index is -2.08. The van der Waals surface area contributed by atoms with E-state index in [1.807, 2.05) is 0 Å².